The minimum atomic E-state index is 0. The molecule has 17 heavy (non-hydrogen) atoms. The zero-order valence-corrected chi connectivity index (χ0v) is 10.4. The highest BCUT2D eigenvalue weighted by atomic mass is 35.5. The van der Waals surface area contributed by atoms with Crippen LogP contribution in [0.5, 0.6) is 11.5 Å². The molecule has 0 saturated carbocycles. The van der Waals surface area contributed by atoms with E-state index in [1.54, 1.807) is 0 Å². The molecule has 1 fully saturated rings. The second kappa shape index (κ2) is 4.07. The van der Waals surface area contributed by atoms with Gasteiger partial charge in [0.1, 0.15) is 0 Å². The van der Waals surface area contributed by atoms with Crippen molar-refractivity contribution in [3.8, 4) is 11.5 Å². The van der Waals surface area contributed by atoms with Crippen LogP contribution in [0.25, 0.3) is 0 Å². The zero-order chi connectivity index (χ0) is 10.5. The van der Waals surface area contributed by atoms with Crippen molar-refractivity contribution >= 4 is 12.4 Å². The van der Waals surface area contributed by atoms with Gasteiger partial charge in [0.25, 0.3) is 0 Å². The first-order valence-corrected chi connectivity index (χ1v) is 6.03. The van der Waals surface area contributed by atoms with E-state index in [4.69, 9.17) is 9.47 Å². The topological polar surface area (TPSA) is 30.5 Å². The van der Waals surface area contributed by atoms with Gasteiger partial charge in [-0.25, -0.2) is 0 Å². The Kier molecular flexibility index (Phi) is 2.68. The van der Waals surface area contributed by atoms with Crippen molar-refractivity contribution in [2.75, 3.05) is 19.9 Å². The van der Waals surface area contributed by atoms with Gasteiger partial charge in [0, 0.05) is 6.54 Å². The van der Waals surface area contributed by atoms with Gasteiger partial charge in [0.15, 0.2) is 11.5 Å². The number of ether oxygens (including phenoxy) is 2. The number of hydrogen-bond donors (Lipinski definition) is 1. The molecule has 2 bridgehead atoms. The first kappa shape index (κ1) is 11.2. The molecule has 2 aliphatic heterocycles. The molecule has 92 valence electrons. The minimum Gasteiger partial charge on any atom is -0.454 e. The largest absolute Gasteiger partial charge is 0.454 e. The van der Waals surface area contributed by atoms with E-state index in [0.717, 1.165) is 24.0 Å². The number of piperidine rings is 1. The third-order valence-electron chi connectivity index (χ3n) is 4.02. The Balaban J connectivity index is 0.000000902. The van der Waals surface area contributed by atoms with E-state index < -0.39 is 0 Å². The Morgan fingerprint density at radius 1 is 1.12 bits per heavy atom. The van der Waals surface area contributed by atoms with Crippen molar-refractivity contribution in [3.05, 3.63) is 23.3 Å². The molecular formula is C13H16ClNO2. The average Bonchev–Trinajstić information content (AvgIpc) is 2.74. The van der Waals surface area contributed by atoms with Gasteiger partial charge in [-0.3, -0.25) is 0 Å². The van der Waals surface area contributed by atoms with Crippen molar-refractivity contribution in [2.24, 2.45) is 5.92 Å². The third-order valence-corrected chi connectivity index (χ3v) is 4.02. The molecule has 1 N–H and O–H groups in total. The molecule has 0 amide bonds. The molecule has 1 aliphatic carbocycles. The number of rotatable bonds is 0. The molecule has 1 aromatic carbocycles. The molecular weight excluding hydrogens is 238 g/mol. The van der Waals surface area contributed by atoms with Crippen molar-refractivity contribution < 1.29 is 9.47 Å². The van der Waals surface area contributed by atoms with Gasteiger partial charge in [-0.2, -0.15) is 0 Å². The minimum absolute atomic E-state index is 0. The fourth-order valence-electron chi connectivity index (χ4n) is 3.29. The Bertz CT molecular complexity index is 449. The predicted octanol–water partition coefficient (Wildman–Crippen LogP) is 2.09. The first-order chi connectivity index (χ1) is 7.90. The second-order valence-corrected chi connectivity index (χ2v) is 5.07. The average molecular weight is 254 g/mol. The summed E-state index contributed by atoms with van der Waals surface area (Å²) in [7, 11) is 0. The Morgan fingerprint density at radius 3 is 2.82 bits per heavy atom. The van der Waals surface area contributed by atoms with E-state index in [1.165, 1.54) is 30.5 Å². The predicted molar refractivity (Wildman–Crippen MR) is 67.2 cm³/mol. The van der Waals surface area contributed by atoms with Gasteiger partial charge < -0.3 is 14.8 Å². The summed E-state index contributed by atoms with van der Waals surface area (Å²) in [5.41, 5.74) is 2.96. The maximum absolute atomic E-state index is 5.46. The van der Waals surface area contributed by atoms with Gasteiger partial charge in [0.05, 0.1) is 0 Å². The maximum atomic E-state index is 5.46. The van der Waals surface area contributed by atoms with Crippen LogP contribution in [0.15, 0.2) is 12.1 Å². The number of benzene rings is 1. The van der Waals surface area contributed by atoms with Crippen LogP contribution in [0.2, 0.25) is 0 Å². The van der Waals surface area contributed by atoms with E-state index in [-0.39, 0.29) is 12.4 Å². The molecule has 1 aromatic rings. The standard InChI is InChI=1S/C13H15NO2.ClH/c1-8-2-10(6-14-5-8)11-4-13-12(3-9(1)11)15-7-16-13;/h3-4,8,10,14H,1-2,5-7H2;1H. The molecule has 4 rings (SSSR count). The summed E-state index contributed by atoms with van der Waals surface area (Å²) in [6.45, 7) is 2.66. The fourth-order valence-corrected chi connectivity index (χ4v) is 3.29. The van der Waals surface area contributed by atoms with E-state index >= 15 is 0 Å². The molecule has 2 atom stereocenters. The summed E-state index contributed by atoms with van der Waals surface area (Å²) >= 11 is 0. The lowest BCUT2D eigenvalue weighted by Crippen LogP contribution is -2.39. The van der Waals surface area contributed by atoms with E-state index in [9.17, 15) is 0 Å². The summed E-state index contributed by atoms with van der Waals surface area (Å²) in [6.07, 6.45) is 2.52. The lowest BCUT2D eigenvalue weighted by Gasteiger charge is -2.36. The van der Waals surface area contributed by atoms with E-state index in [1.807, 2.05) is 0 Å². The molecule has 0 aromatic heterocycles. The molecule has 4 heteroatoms. The molecule has 2 heterocycles. The summed E-state index contributed by atoms with van der Waals surface area (Å²) in [5.74, 6) is 3.36. The van der Waals surface area contributed by atoms with Crippen LogP contribution in [-0.4, -0.2) is 19.9 Å². The van der Waals surface area contributed by atoms with Crippen molar-refractivity contribution in [1.29, 1.82) is 0 Å². The number of halogens is 1. The highest BCUT2D eigenvalue weighted by molar-refractivity contribution is 5.85. The smallest absolute Gasteiger partial charge is 0.231 e. The van der Waals surface area contributed by atoms with Crippen LogP contribution < -0.4 is 14.8 Å². The number of nitrogens with one attached hydrogen (secondary N) is 1. The lowest BCUT2D eigenvalue weighted by atomic mass is 9.74. The molecule has 1 saturated heterocycles. The SMILES string of the molecule is Cl.c1c2c(cc3c1OCO3)C1CNCC(C2)C1. The fraction of sp³-hybridized carbons (Fsp3) is 0.538. The van der Waals surface area contributed by atoms with Crippen LogP contribution in [0.3, 0.4) is 0 Å². The summed E-state index contributed by atoms with van der Waals surface area (Å²) in [5, 5.41) is 3.52. The van der Waals surface area contributed by atoms with Gasteiger partial charge in [0.2, 0.25) is 6.79 Å². The summed E-state index contributed by atoms with van der Waals surface area (Å²) < 4.78 is 10.9. The van der Waals surface area contributed by atoms with Gasteiger partial charge in [-0.1, -0.05) is 0 Å². The monoisotopic (exact) mass is 253 g/mol. The van der Waals surface area contributed by atoms with E-state index in [2.05, 4.69) is 17.4 Å². The zero-order valence-electron chi connectivity index (χ0n) is 9.57. The van der Waals surface area contributed by atoms with Gasteiger partial charge in [-0.05, 0) is 54.5 Å². The third kappa shape index (κ3) is 1.69. The first-order valence-electron chi connectivity index (χ1n) is 6.03. The normalized spacial score (nSPS) is 28.2. The summed E-state index contributed by atoms with van der Waals surface area (Å²) in [4.78, 5) is 0. The van der Waals surface area contributed by atoms with Gasteiger partial charge >= 0.3 is 0 Å². The Labute approximate surface area is 107 Å². The van der Waals surface area contributed by atoms with Crippen molar-refractivity contribution in [3.63, 3.8) is 0 Å². The van der Waals surface area contributed by atoms with Crippen LogP contribution in [0.1, 0.15) is 23.5 Å². The van der Waals surface area contributed by atoms with Crippen LogP contribution in [-0.2, 0) is 6.42 Å². The number of hydrogen-bond acceptors (Lipinski definition) is 3. The van der Waals surface area contributed by atoms with Crippen LogP contribution >= 0.6 is 12.4 Å². The molecule has 2 unspecified atom stereocenters. The lowest BCUT2D eigenvalue weighted by molar-refractivity contribution is 0.174. The van der Waals surface area contributed by atoms with Gasteiger partial charge in [-0.15, -0.1) is 12.4 Å². The maximum Gasteiger partial charge on any atom is 0.231 e. The molecule has 3 nitrogen and oxygen atoms in total. The quantitative estimate of drug-likeness (QED) is 0.768. The molecule has 3 aliphatic rings. The Morgan fingerprint density at radius 2 is 1.94 bits per heavy atom. The highest BCUT2D eigenvalue weighted by Gasteiger charge is 2.32. The van der Waals surface area contributed by atoms with Crippen LogP contribution in [0, 0.1) is 5.92 Å². The highest BCUT2D eigenvalue weighted by Crippen LogP contribution is 2.43. The van der Waals surface area contributed by atoms with E-state index in [0.29, 0.717) is 12.7 Å². The second-order valence-electron chi connectivity index (χ2n) is 5.07. The van der Waals surface area contributed by atoms with Crippen molar-refractivity contribution in [1.82, 2.24) is 5.32 Å². The molecule has 0 radical (unpaired) electrons. The summed E-state index contributed by atoms with van der Waals surface area (Å²) in [6, 6.07) is 4.40. The van der Waals surface area contributed by atoms with Crippen molar-refractivity contribution in [2.45, 2.75) is 18.8 Å². The van der Waals surface area contributed by atoms with Crippen LogP contribution in [0.4, 0.5) is 0 Å². The Hall–Kier alpha value is -0.930. The molecule has 0 spiro atoms. The number of fused-ring (bicyclic) bond motifs is 5.